The minimum atomic E-state index is -3.15. The molecule has 19 heavy (non-hydrogen) atoms. The minimum absolute atomic E-state index is 0.0233. The maximum absolute atomic E-state index is 11.6. The maximum Gasteiger partial charge on any atom is 0.225 e. The molecule has 0 saturated heterocycles. The Hall–Kier alpha value is -1.37. The van der Waals surface area contributed by atoms with Crippen LogP contribution >= 0.6 is 0 Å². The van der Waals surface area contributed by atoms with Gasteiger partial charge in [0.05, 0.1) is 10.9 Å². The van der Waals surface area contributed by atoms with E-state index in [1.807, 2.05) is 13.8 Å². The molecule has 0 aliphatic rings. The van der Waals surface area contributed by atoms with Crippen molar-refractivity contribution in [2.75, 3.05) is 18.1 Å². The summed E-state index contributed by atoms with van der Waals surface area (Å²) in [5, 5.41) is 2.92. The Bertz CT molecular complexity index is 527. The van der Waals surface area contributed by atoms with Crippen LogP contribution in [-0.2, 0) is 9.84 Å². The molecule has 1 aromatic rings. The number of hydrogen-bond donors (Lipinski definition) is 1. The van der Waals surface area contributed by atoms with Gasteiger partial charge in [0.1, 0.15) is 0 Å². The number of aromatic nitrogens is 2. The fraction of sp³-hybridized carbons (Fsp3) is 0.667. The van der Waals surface area contributed by atoms with Crippen molar-refractivity contribution in [3.8, 4) is 5.88 Å². The first-order valence-corrected chi connectivity index (χ1v) is 7.94. The lowest BCUT2D eigenvalue weighted by molar-refractivity contribution is 0.232. The van der Waals surface area contributed by atoms with Crippen LogP contribution in [-0.4, -0.2) is 42.0 Å². The summed E-state index contributed by atoms with van der Waals surface area (Å²) in [7, 11) is -3.15. The van der Waals surface area contributed by atoms with E-state index in [1.165, 1.54) is 6.26 Å². The summed E-state index contributed by atoms with van der Waals surface area (Å²) in [6.07, 6.45) is 2.81. The quantitative estimate of drug-likeness (QED) is 0.854. The number of anilines is 1. The van der Waals surface area contributed by atoms with Crippen LogP contribution in [0.3, 0.4) is 0 Å². The van der Waals surface area contributed by atoms with Crippen molar-refractivity contribution in [2.45, 2.75) is 38.5 Å². The van der Waals surface area contributed by atoms with E-state index in [0.29, 0.717) is 11.8 Å². The third-order valence-corrected chi connectivity index (χ3v) is 4.81. The van der Waals surface area contributed by atoms with Gasteiger partial charge in [0.15, 0.2) is 9.84 Å². The van der Waals surface area contributed by atoms with Crippen LogP contribution in [0.4, 0.5) is 5.95 Å². The van der Waals surface area contributed by atoms with Gasteiger partial charge in [-0.3, -0.25) is 0 Å². The van der Waals surface area contributed by atoms with Gasteiger partial charge in [-0.15, -0.1) is 0 Å². The number of nitrogens with zero attached hydrogens (tertiary/aromatic N) is 2. The summed E-state index contributed by atoms with van der Waals surface area (Å²) >= 11 is 0. The SMILES string of the molecule is CC(C)Oc1ccnc(NCC(C)(C)S(C)(=O)=O)n1. The van der Waals surface area contributed by atoms with Crippen molar-refractivity contribution < 1.29 is 13.2 Å². The van der Waals surface area contributed by atoms with Crippen LogP contribution in [0.5, 0.6) is 5.88 Å². The van der Waals surface area contributed by atoms with Crippen LogP contribution in [0, 0.1) is 0 Å². The summed E-state index contributed by atoms with van der Waals surface area (Å²) in [5.74, 6) is 0.819. The van der Waals surface area contributed by atoms with Crippen LogP contribution < -0.4 is 10.1 Å². The first-order valence-electron chi connectivity index (χ1n) is 6.05. The first kappa shape index (κ1) is 15.7. The van der Waals surface area contributed by atoms with Crippen LogP contribution in [0.1, 0.15) is 27.7 Å². The topological polar surface area (TPSA) is 81.2 Å². The van der Waals surface area contributed by atoms with E-state index in [1.54, 1.807) is 26.1 Å². The standard InChI is InChI=1S/C12H21N3O3S/c1-9(2)18-10-6-7-13-11(15-10)14-8-12(3,4)19(5,16)17/h6-7,9H,8H2,1-5H3,(H,13,14,15). The molecule has 0 aliphatic heterocycles. The van der Waals surface area contributed by atoms with Crippen molar-refractivity contribution in [2.24, 2.45) is 0 Å². The van der Waals surface area contributed by atoms with Crippen LogP contribution in [0.25, 0.3) is 0 Å². The molecule has 0 spiro atoms. The Labute approximate surface area is 114 Å². The van der Waals surface area contributed by atoms with Gasteiger partial charge < -0.3 is 10.1 Å². The van der Waals surface area contributed by atoms with E-state index < -0.39 is 14.6 Å². The molecule has 0 unspecified atom stereocenters. The number of ether oxygens (including phenoxy) is 1. The van der Waals surface area contributed by atoms with E-state index in [-0.39, 0.29) is 12.6 Å². The summed E-state index contributed by atoms with van der Waals surface area (Å²) < 4.78 is 27.7. The Morgan fingerprint density at radius 2 is 2.05 bits per heavy atom. The number of rotatable bonds is 6. The molecule has 108 valence electrons. The summed E-state index contributed by atoms with van der Waals surface area (Å²) in [6.45, 7) is 7.36. The zero-order valence-corrected chi connectivity index (χ0v) is 12.8. The normalized spacial score (nSPS) is 12.5. The maximum atomic E-state index is 11.6. The van der Waals surface area contributed by atoms with Gasteiger partial charge in [-0.1, -0.05) is 0 Å². The van der Waals surface area contributed by atoms with Gasteiger partial charge in [-0.05, 0) is 27.7 Å². The van der Waals surface area contributed by atoms with Crippen molar-refractivity contribution in [1.82, 2.24) is 9.97 Å². The number of sulfone groups is 1. The molecule has 1 heterocycles. The van der Waals surface area contributed by atoms with Gasteiger partial charge in [-0.25, -0.2) is 13.4 Å². The lowest BCUT2D eigenvalue weighted by atomic mass is 10.2. The number of nitrogens with one attached hydrogen (secondary N) is 1. The second kappa shape index (κ2) is 5.73. The molecule has 0 saturated carbocycles. The van der Waals surface area contributed by atoms with Gasteiger partial charge >= 0.3 is 0 Å². The summed E-state index contributed by atoms with van der Waals surface area (Å²) in [6, 6.07) is 1.66. The molecule has 1 rings (SSSR count). The Balaban J connectivity index is 2.74. The average molecular weight is 287 g/mol. The fourth-order valence-electron chi connectivity index (χ4n) is 1.16. The second-order valence-electron chi connectivity index (χ2n) is 5.27. The lowest BCUT2D eigenvalue weighted by Gasteiger charge is -2.22. The van der Waals surface area contributed by atoms with Crippen molar-refractivity contribution in [3.05, 3.63) is 12.3 Å². The van der Waals surface area contributed by atoms with E-state index in [9.17, 15) is 8.42 Å². The van der Waals surface area contributed by atoms with E-state index in [0.717, 1.165) is 0 Å². The highest BCUT2D eigenvalue weighted by molar-refractivity contribution is 7.92. The molecular weight excluding hydrogens is 266 g/mol. The summed E-state index contributed by atoms with van der Waals surface area (Å²) in [4.78, 5) is 8.19. The largest absolute Gasteiger partial charge is 0.475 e. The Morgan fingerprint density at radius 3 is 2.58 bits per heavy atom. The fourth-order valence-corrected chi connectivity index (χ4v) is 1.49. The molecule has 0 fully saturated rings. The Kier molecular flexibility index (Phi) is 4.73. The molecule has 1 N–H and O–H groups in total. The molecule has 0 amide bonds. The molecule has 0 atom stereocenters. The lowest BCUT2D eigenvalue weighted by Crippen LogP contribution is -2.38. The van der Waals surface area contributed by atoms with E-state index in [2.05, 4.69) is 15.3 Å². The second-order valence-corrected chi connectivity index (χ2v) is 7.92. The third kappa shape index (κ3) is 4.66. The Morgan fingerprint density at radius 1 is 1.42 bits per heavy atom. The van der Waals surface area contributed by atoms with Crippen molar-refractivity contribution in [3.63, 3.8) is 0 Å². The van der Waals surface area contributed by atoms with Gasteiger partial charge in [0, 0.05) is 25.1 Å². The smallest absolute Gasteiger partial charge is 0.225 e. The molecule has 0 bridgehead atoms. The predicted octanol–water partition coefficient (Wildman–Crippen LogP) is 1.50. The first-order chi connectivity index (χ1) is 8.62. The zero-order valence-electron chi connectivity index (χ0n) is 12.0. The molecule has 0 aliphatic carbocycles. The van der Waals surface area contributed by atoms with Crippen molar-refractivity contribution in [1.29, 1.82) is 0 Å². The predicted molar refractivity (Wildman–Crippen MR) is 75.2 cm³/mol. The molecular formula is C12H21N3O3S. The molecule has 6 nitrogen and oxygen atoms in total. The highest BCUT2D eigenvalue weighted by Gasteiger charge is 2.30. The third-order valence-electron chi connectivity index (χ3n) is 2.66. The highest BCUT2D eigenvalue weighted by Crippen LogP contribution is 2.16. The molecule has 7 heteroatoms. The van der Waals surface area contributed by atoms with Gasteiger partial charge in [-0.2, -0.15) is 4.98 Å². The molecule has 0 radical (unpaired) electrons. The summed E-state index contributed by atoms with van der Waals surface area (Å²) in [5.41, 5.74) is 0. The minimum Gasteiger partial charge on any atom is -0.475 e. The number of hydrogen-bond acceptors (Lipinski definition) is 6. The van der Waals surface area contributed by atoms with E-state index >= 15 is 0 Å². The monoisotopic (exact) mass is 287 g/mol. The highest BCUT2D eigenvalue weighted by atomic mass is 32.2. The van der Waals surface area contributed by atoms with Crippen molar-refractivity contribution >= 4 is 15.8 Å². The van der Waals surface area contributed by atoms with E-state index in [4.69, 9.17) is 4.74 Å². The zero-order chi connectivity index (χ0) is 14.7. The van der Waals surface area contributed by atoms with Crippen LogP contribution in [0.2, 0.25) is 0 Å². The van der Waals surface area contributed by atoms with Crippen LogP contribution in [0.15, 0.2) is 12.3 Å². The van der Waals surface area contributed by atoms with Gasteiger partial charge in [0.25, 0.3) is 0 Å². The average Bonchev–Trinajstić information content (AvgIpc) is 2.24. The van der Waals surface area contributed by atoms with Gasteiger partial charge in [0.2, 0.25) is 11.8 Å². The molecule has 1 aromatic heterocycles. The molecule has 0 aromatic carbocycles.